The van der Waals surface area contributed by atoms with E-state index in [0.29, 0.717) is 17.2 Å². The van der Waals surface area contributed by atoms with E-state index in [1.165, 1.54) is 12.8 Å². The minimum atomic E-state index is -0.169. The first-order valence-electron chi connectivity index (χ1n) is 9.15. The third-order valence-electron chi connectivity index (χ3n) is 5.20. The average molecular weight is 362 g/mol. The fraction of sp³-hybridized carbons (Fsp3) is 0.273. The molecule has 2 aromatic carbocycles. The first kappa shape index (κ1) is 17.3. The van der Waals surface area contributed by atoms with E-state index in [4.69, 9.17) is 4.74 Å². The van der Waals surface area contributed by atoms with Crippen LogP contribution in [0.3, 0.4) is 0 Å². The van der Waals surface area contributed by atoms with Gasteiger partial charge in [0.15, 0.2) is 6.29 Å². The lowest BCUT2D eigenvalue weighted by atomic mass is 10.1. The van der Waals surface area contributed by atoms with Crippen LogP contribution in [0.1, 0.15) is 39.3 Å². The van der Waals surface area contributed by atoms with Crippen molar-refractivity contribution >= 4 is 28.8 Å². The van der Waals surface area contributed by atoms with E-state index in [9.17, 15) is 9.59 Å². The van der Waals surface area contributed by atoms with Crippen molar-refractivity contribution in [1.82, 2.24) is 4.57 Å². The number of amides is 1. The highest BCUT2D eigenvalue weighted by Gasteiger charge is 2.22. The molecule has 0 aliphatic heterocycles. The molecule has 1 N–H and O–H groups in total. The van der Waals surface area contributed by atoms with Gasteiger partial charge in [-0.2, -0.15) is 0 Å². The quantitative estimate of drug-likeness (QED) is 0.664. The first-order valence-corrected chi connectivity index (χ1v) is 9.15. The number of aryl methyl sites for hydroxylation is 2. The number of benzene rings is 2. The molecular formula is C22H22N2O3. The number of nitrogens with one attached hydrogen (secondary N) is 1. The summed E-state index contributed by atoms with van der Waals surface area (Å²) in [4.78, 5) is 23.8. The third-order valence-corrected chi connectivity index (χ3v) is 5.20. The highest BCUT2D eigenvalue weighted by molar-refractivity contribution is 6.06. The van der Waals surface area contributed by atoms with Gasteiger partial charge in [0, 0.05) is 29.2 Å². The fourth-order valence-corrected chi connectivity index (χ4v) is 3.22. The summed E-state index contributed by atoms with van der Waals surface area (Å²) in [5.74, 6) is 1.32. The summed E-state index contributed by atoms with van der Waals surface area (Å²) in [5.41, 5.74) is 3.83. The maximum absolute atomic E-state index is 12.6. The zero-order chi connectivity index (χ0) is 19.0. The molecule has 1 aliphatic rings. The number of ether oxygens (including phenoxy) is 1. The average Bonchev–Trinajstić information content (AvgIpc) is 3.45. The highest BCUT2D eigenvalue weighted by atomic mass is 16.5. The van der Waals surface area contributed by atoms with E-state index in [-0.39, 0.29) is 5.91 Å². The lowest BCUT2D eigenvalue weighted by molar-refractivity contribution is 0.102. The normalized spacial score (nSPS) is 13.6. The van der Waals surface area contributed by atoms with Crippen molar-refractivity contribution in [3.8, 4) is 5.75 Å². The number of carbonyl (C=O) groups excluding carboxylic acids is 2. The minimum absolute atomic E-state index is 0.169. The predicted molar refractivity (Wildman–Crippen MR) is 106 cm³/mol. The summed E-state index contributed by atoms with van der Waals surface area (Å²) in [5, 5.41) is 3.93. The van der Waals surface area contributed by atoms with Crippen molar-refractivity contribution in [2.75, 3.05) is 11.9 Å². The van der Waals surface area contributed by atoms with Gasteiger partial charge in [-0.1, -0.05) is 0 Å². The summed E-state index contributed by atoms with van der Waals surface area (Å²) >= 11 is 0. The van der Waals surface area contributed by atoms with E-state index in [1.54, 1.807) is 12.1 Å². The second-order valence-corrected chi connectivity index (χ2v) is 7.15. The van der Waals surface area contributed by atoms with Crippen LogP contribution in [0.5, 0.6) is 5.75 Å². The van der Waals surface area contributed by atoms with Gasteiger partial charge in [-0.3, -0.25) is 9.59 Å². The largest absolute Gasteiger partial charge is 0.493 e. The van der Waals surface area contributed by atoms with Crippen LogP contribution in [-0.4, -0.2) is 23.4 Å². The Bertz CT molecular complexity index is 1010. The van der Waals surface area contributed by atoms with Gasteiger partial charge >= 0.3 is 0 Å². The molecule has 5 nitrogen and oxygen atoms in total. The summed E-state index contributed by atoms with van der Waals surface area (Å²) in [6, 6.07) is 12.9. The molecule has 1 heterocycles. The van der Waals surface area contributed by atoms with E-state index in [2.05, 4.69) is 5.32 Å². The lowest BCUT2D eigenvalue weighted by Gasteiger charge is -2.11. The molecular weight excluding hydrogens is 340 g/mol. The van der Waals surface area contributed by atoms with Crippen LogP contribution < -0.4 is 10.1 Å². The molecule has 3 aromatic rings. The second-order valence-electron chi connectivity index (χ2n) is 7.15. The van der Waals surface area contributed by atoms with Crippen LogP contribution >= 0.6 is 0 Å². The Morgan fingerprint density at radius 3 is 2.63 bits per heavy atom. The SMILES string of the molecule is Cc1c(NC(=O)c2ccc(OCC3CC3)cc2)ccc2c1cc(C=O)n2C. The smallest absolute Gasteiger partial charge is 0.255 e. The van der Waals surface area contributed by atoms with Crippen molar-refractivity contribution < 1.29 is 14.3 Å². The number of hydrogen-bond donors (Lipinski definition) is 1. The van der Waals surface area contributed by atoms with Crippen molar-refractivity contribution in [2.45, 2.75) is 19.8 Å². The van der Waals surface area contributed by atoms with Gasteiger partial charge in [0.2, 0.25) is 0 Å². The predicted octanol–water partition coefficient (Wildman–Crippen LogP) is 4.34. The van der Waals surface area contributed by atoms with Crippen LogP contribution in [0.15, 0.2) is 42.5 Å². The number of hydrogen-bond acceptors (Lipinski definition) is 3. The molecule has 4 rings (SSSR count). The molecule has 138 valence electrons. The van der Waals surface area contributed by atoms with Crippen LogP contribution in [0.4, 0.5) is 5.69 Å². The number of carbonyl (C=O) groups is 2. The van der Waals surface area contributed by atoms with Gasteiger partial charge in [-0.25, -0.2) is 0 Å². The zero-order valence-corrected chi connectivity index (χ0v) is 15.5. The highest BCUT2D eigenvalue weighted by Crippen LogP contribution is 2.30. The standard InChI is InChI=1S/C22H22N2O3/c1-14-19-11-17(12-25)24(2)21(19)10-9-20(14)23-22(26)16-5-7-18(8-6-16)27-13-15-3-4-15/h5-12,15H,3-4,13H2,1-2H3,(H,23,26). The van der Waals surface area contributed by atoms with Gasteiger partial charge in [0.25, 0.3) is 5.91 Å². The second kappa shape index (κ2) is 6.91. The zero-order valence-electron chi connectivity index (χ0n) is 15.5. The maximum Gasteiger partial charge on any atom is 0.255 e. The fourth-order valence-electron chi connectivity index (χ4n) is 3.22. The van der Waals surface area contributed by atoms with Gasteiger partial charge in [0.05, 0.1) is 12.3 Å². The molecule has 0 saturated heterocycles. The first-order chi connectivity index (χ1) is 13.1. The Morgan fingerprint density at radius 2 is 1.96 bits per heavy atom. The van der Waals surface area contributed by atoms with Gasteiger partial charge < -0.3 is 14.6 Å². The number of aromatic nitrogens is 1. The molecule has 1 aliphatic carbocycles. The number of nitrogens with zero attached hydrogens (tertiary/aromatic N) is 1. The van der Waals surface area contributed by atoms with Crippen molar-refractivity contribution in [3.05, 3.63) is 59.3 Å². The molecule has 1 saturated carbocycles. The summed E-state index contributed by atoms with van der Waals surface area (Å²) < 4.78 is 7.56. The Morgan fingerprint density at radius 1 is 1.22 bits per heavy atom. The molecule has 5 heteroatoms. The van der Waals surface area contributed by atoms with Gasteiger partial charge in [-0.15, -0.1) is 0 Å². The monoisotopic (exact) mass is 362 g/mol. The Hall–Kier alpha value is -3.08. The van der Waals surface area contributed by atoms with Crippen LogP contribution in [0.2, 0.25) is 0 Å². The molecule has 0 atom stereocenters. The van der Waals surface area contributed by atoms with E-state index >= 15 is 0 Å². The number of aldehydes is 1. The number of anilines is 1. The Kier molecular flexibility index (Phi) is 4.44. The Balaban J connectivity index is 1.51. The number of fused-ring (bicyclic) bond motifs is 1. The lowest BCUT2D eigenvalue weighted by Crippen LogP contribution is -2.12. The molecule has 1 fully saturated rings. The van der Waals surface area contributed by atoms with E-state index in [0.717, 1.165) is 40.8 Å². The topological polar surface area (TPSA) is 60.3 Å². The molecule has 0 unspecified atom stereocenters. The van der Waals surface area contributed by atoms with Crippen molar-refractivity contribution in [1.29, 1.82) is 0 Å². The number of rotatable bonds is 6. The Labute approximate surface area is 157 Å². The molecule has 0 spiro atoms. The molecule has 1 aromatic heterocycles. The summed E-state index contributed by atoms with van der Waals surface area (Å²) in [6.45, 7) is 2.70. The molecule has 1 amide bonds. The van der Waals surface area contributed by atoms with E-state index in [1.807, 2.05) is 48.9 Å². The van der Waals surface area contributed by atoms with E-state index < -0.39 is 0 Å². The van der Waals surface area contributed by atoms with Crippen molar-refractivity contribution in [2.24, 2.45) is 13.0 Å². The molecule has 0 bridgehead atoms. The summed E-state index contributed by atoms with van der Waals surface area (Å²) in [7, 11) is 1.86. The van der Waals surface area contributed by atoms with Crippen LogP contribution in [0.25, 0.3) is 10.9 Å². The van der Waals surface area contributed by atoms with Gasteiger partial charge in [-0.05, 0) is 73.7 Å². The van der Waals surface area contributed by atoms with Crippen LogP contribution in [0, 0.1) is 12.8 Å². The van der Waals surface area contributed by atoms with Crippen molar-refractivity contribution in [3.63, 3.8) is 0 Å². The minimum Gasteiger partial charge on any atom is -0.493 e. The maximum atomic E-state index is 12.6. The summed E-state index contributed by atoms with van der Waals surface area (Å²) in [6.07, 6.45) is 3.34. The third kappa shape index (κ3) is 3.45. The van der Waals surface area contributed by atoms with Gasteiger partial charge in [0.1, 0.15) is 5.75 Å². The molecule has 0 radical (unpaired) electrons. The van der Waals surface area contributed by atoms with Crippen LogP contribution in [-0.2, 0) is 7.05 Å². The molecule has 27 heavy (non-hydrogen) atoms.